The number of hydrogen-bond donors (Lipinski definition) is 1. The summed E-state index contributed by atoms with van der Waals surface area (Å²) in [5.41, 5.74) is -0.499. The molecular weight excluding hydrogens is 296 g/mol. The highest BCUT2D eigenvalue weighted by Crippen LogP contribution is 2.38. The first-order chi connectivity index (χ1) is 11.0. The molecule has 23 heavy (non-hydrogen) atoms. The highest BCUT2D eigenvalue weighted by atomic mass is 16.5. The van der Waals surface area contributed by atoms with E-state index in [-0.39, 0.29) is 11.9 Å². The molecule has 2 aromatic rings. The minimum atomic E-state index is -0.823. The second-order valence-electron chi connectivity index (χ2n) is 5.38. The lowest BCUT2D eigenvalue weighted by Gasteiger charge is -2.15. The minimum Gasteiger partial charge on any atom is -0.499 e. The van der Waals surface area contributed by atoms with E-state index in [1.165, 1.54) is 0 Å². The van der Waals surface area contributed by atoms with Crippen LogP contribution in [0.2, 0.25) is 0 Å². The van der Waals surface area contributed by atoms with Crippen molar-refractivity contribution in [3.8, 4) is 17.2 Å². The molecule has 0 saturated carbocycles. The third kappa shape index (κ3) is 4.06. The summed E-state index contributed by atoms with van der Waals surface area (Å²) < 4.78 is 16.5. The van der Waals surface area contributed by atoms with Crippen molar-refractivity contribution >= 4 is 11.0 Å². The predicted octanol–water partition coefficient (Wildman–Crippen LogP) is 4.02. The van der Waals surface area contributed by atoms with E-state index < -0.39 is 11.4 Å². The van der Waals surface area contributed by atoms with Crippen LogP contribution >= 0.6 is 0 Å². The average Bonchev–Trinajstić information content (AvgIpc) is 2.51. The molecule has 1 N–H and O–H groups in total. The van der Waals surface area contributed by atoms with Gasteiger partial charge < -0.3 is 19.0 Å². The zero-order valence-electron chi connectivity index (χ0n) is 13.7. The van der Waals surface area contributed by atoms with Gasteiger partial charge in [-0.15, -0.1) is 0 Å². The van der Waals surface area contributed by atoms with Crippen molar-refractivity contribution in [1.82, 2.24) is 0 Å². The van der Waals surface area contributed by atoms with Crippen LogP contribution in [0.3, 0.4) is 0 Å². The van der Waals surface area contributed by atoms with Crippen LogP contribution in [-0.4, -0.2) is 17.8 Å². The van der Waals surface area contributed by atoms with Gasteiger partial charge in [0.1, 0.15) is 16.7 Å². The lowest BCUT2D eigenvalue weighted by Crippen LogP contribution is -2.10. The van der Waals surface area contributed by atoms with Crippen LogP contribution in [-0.2, 0) is 0 Å². The topological polar surface area (TPSA) is 68.9 Å². The molecule has 0 aliphatic heterocycles. The number of fused-ring (bicyclic) bond motifs is 1. The third-order valence-corrected chi connectivity index (χ3v) is 3.12. The first kappa shape index (κ1) is 16.9. The first-order valence-corrected chi connectivity index (χ1v) is 7.77. The zero-order valence-corrected chi connectivity index (χ0v) is 13.7. The van der Waals surface area contributed by atoms with Crippen LogP contribution in [0.15, 0.2) is 39.6 Å². The summed E-state index contributed by atoms with van der Waals surface area (Å²) in [4.78, 5) is 11.7. The molecule has 0 bridgehead atoms. The Balaban J connectivity index is 2.42. The largest absolute Gasteiger partial charge is 0.499 e. The molecule has 0 amide bonds. The van der Waals surface area contributed by atoms with Gasteiger partial charge in [0.15, 0.2) is 5.75 Å². The van der Waals surface area contributed by atoms with Crippen LogP contribution in [0.4, 0.5) is 0 Å². The van der Waals surface area contributed by atoms with Gasteiger partial charge in [0, 0.05) is 0 Å². The minimum absolute atomic E-state index is 0.103. The van der Waals surface area contributed by atoms with Crippen molar-refractivity contribution in [2.24, 2.45) is 0 Å². The number of benzene rings is 1. The number of rotatable bonds is 7. The molecule has 0 saturated heterocycles. The van der Waals surface area contributed by atoms with Gasteiger partial charge in [-0.25, -0.2) is 4.79 Å². The first-order valence-electron chi connectivity index (χ1n) is 7.77. The number of aromatic hydroxyl groups is 1. The summed E-state index contributed by atoms with van der Waals surface area (Å²) in [6, 6.07) is 5.14. The van der Waals surface area contributed by atoms with Crippen molar-refractivity contribution in [2.45, 2.75) is 39.7 Å². The molecule has 0 aliphatic rings. The highest BCUT2D eigenvalue weighted by Gasteiger charge is 2.19. The Morgan fingerprint density at radius 3 is 2.78 bits per heavy atom. The van der Waals surface area contributed by atoms with Crippen LogP contribution in [0, 0.1) is 0 Å². The molecule has 0 atom stereocenters. The Bertz CT molecular complexity index is 743. The van der Waals surface area contributed by atoms with E-state index in [4.69, 9.17) is 13.9 Å². The molecule has 1 aromatic carbocycles. The van der Waals surface area contributed by atoms with E-state index in [2.05, 4.69) is 13.0 Å². The van der Waals surface area contributed by atoms with Gasteiger partial charge in [-0.05, 0) is 38.8 Å². The third-order valence-electron chi connectivity index (χ3n) is 3.12. The highest BCUT2D eigenvalue weighted by molar-refractivity contribution is 5.91. The predicted molar refractivity (Wildman–Crippen MR) is 89.5 cm³/mol. The van der Waals surface area contributed by atoms with Gasteiger partial charge in [-0.1, -0.05) is 25.1 Å². The van der Waals surface area contributed by atoms with E-state index in [1.54, 1.807) is 18.2 Å². The Morgan fingerprint density at radius 2 is 2.09 bits per heavy atom. The molecule has 124 valence electrons. The molecule has 2 rings (SSSR count). The smallest absolute Gasteiger partial charge is 0.382 e. The van der Waals surface area contributed by atoms with E-state index in [0.29, 0.717) is 23.3 Å². The van der Waals surface area contributed by atoms with E-state index >= 15 is 0 Å². The van der Waals surface area contributed by atoms with Crippen molar-refractivity contribution in [1.29, 1.82) is 0 Å². The lowest BCUT2D eigenvalue weighted by atomic mass is 10.2. The summed E-state index contributed by atoms with van der Waals surface area (Å²) in [5.74, 6) is 0.0844. The fourth-order valence-corrected chi connectivity index (χ4v) is 2.17. The molecule has 5 nitrogen and oxygen atoms in total. The SMILES string of the molecule is CCC=CCCOc1cccc2oc(=O)c(O)c(OC(C)C)c12. The van der Waals surface area contributed by atoms with Gasteiger partial charge >= 0.3 is 5.63 Å². The van der Waals surface area contributed by atoms with Gasteiger partial charge in [-0.2, -0.15) is 0 Å². The van der Waals surface area contributed by atoms with Gasteiger partial charge in [-0.3, -0.25) is 0 Å². The number of allylic oxidation sites excluding steroid dienone is 1. The number of ether oxygens (including phenoxy) is 2. The summed E-state index contributed by atoms with van der Waals surface area (Å²) in [6.45, 7) is 6.19. The fraction of sp³-hybridized carbons (Fsp3) is 0.389. The molecule has 0 aliphatic carbocycles. The van der Waals surface area contributed by atoms with Crippen LogP contribution in [0.25, 0.3) is 11.0 Å². The standard InChI is InChI=1S/C18H22O5/c1-4-5-6-7-11-21-13-9-8-10-14-15(13)17(22-12(2)3)16(19)18(20)23-14/h5-6,8-10,12,19H,4,7,11H2,1-3H3. The van der Waals surface area contributed by atoms with Crippen molar-refractivity contribution in [2.75, 3.05) is 6.61 Å². The van der Waals surface area contributed by atoms with E-state index in [0.717, 1.165) is 12.8 Å². The Hall–Kier alpha value is -2.43. The van der Waals surface area contributed by atoms with Gasteiger partial charge in [0.25, 0.3) is 0 Å². The summed E-state index contributed by atoms with van der Waals surface area (Å²) in [7, 11) is 0. The van der Waals surface area contributed by atoms with Crippen molar-refractivity contribution < 1.29 is 19.0 Å². The molecule has 0 fully saturated rings. The summed E-state index contributed by atoms with van der Waals surface area (Å²) >= 11 is 0. The lowest BCUT2D eigenvalue weighted by molar-refractivity contribution is 0.230. The molecule has 1 aromatic heterocycles. The molecular formula is C18H22O5. The molecule has 1 heterocycles. The molecule has 0 unspecified atom stereocenters. The zero-order chi connectivity index (χ0) is 16.8. The Kier molecular flexibility index (Phi) is 5.68. The second-order valence-corrected chi connectivity index (χ2v) is 5.38. The van der Waals surface area contributed by atoms with E-state index in [1.807, 2.05) is 19.9 Å². The summed E-state index contributed by atoms with van der Waals surface area (Å²) in [5, 5.41) is 10.5. The molecule has 0 spiro atoms. The maximum Gasteiger partial charge on any atom is 0.382 e. The van der Waals surface area contributed by atoms with E-state index in [9.17, 15) is 9.90 Å². The molecule has 0 radical (unpaired) electrons. The monoisotopic (exact) mass is 318 g/mol. The maximum absolute atomic E-state index is 11.7. The molecule has 5 heteroatoms. The van der Waals surface area contributed by atoms with Crippen LogP contribution in [0.5, 0.6) is 17.2 Å². The maximum atomic E-state index is 11.7. The quantitative estimate of drug-likeness (QED) is 0.474. The van der Waals surface area contributed by atoms with Crippen LogP contribution in [0.1, 0.15) is 33.6 Å². The Morgan fingerprint density at radius 1 is 1.30 bits per heavy atom. The van der Waals surface area contributed by atoms with Gasteiger partial charge in [0.2, 0.25) is 5.75 Å². The van der Waals surface area contributed by atoms with Gasteiger partial charge in [0.05, 0.1) is 12.7 Å². The summed E-state index contributed by atoms with van der Waals surface area (Å²) in [6.07, 6.45) is 5.68. The van der Waals surface area contributed by atoms with Crippen molar-refractivity contribution in [3.63, 3.8) is 0 Å². The number of hydrogen-bond acceptors (Lipinski definition) is 5. The Labute approximate surface area is 135 Å². The van der Waals surface area contributed by atoms with Crippen molar-refractivity contribution in [3.05, 3.63) is 40.8 Å². The van der Waals surface area contributed by atoms with Crippen LogP contribution < -0.4 is 15.1 Å². The normalized spacial score (nSPS) is 11.5. The fourth-order valence-electron chi connectivity index (χ4n) is 2.17. The average molecular weight is 318 g/mol. The second kappa shape index (κ2) is 7.72.